The Morgan fingerprint density at radius 1 is 0.460 bits per heavy atom. The molecule has 0 unspecified atom stereocenters. The molecule has 4 aromatic rings. The number of fused-ring (bicyclic) bond motifs is 4. The van der Waals surface area contributed by atoms with Crippen LogP contribution in [-0.2, 0) is 10.6 Å². The number of alkyl halides is 16. The standard InChI is InChI=1S/C32H22F16OSi/c1-50(2,3)25(31(43,44)45)22-14-18-10-6-4-8-16(18)12-20(22)24(49,21-13-17-9-5-7-11-19(17)15-23(21)25)26(33,34)27(35,36)28(37,38)29(39,40)30(41,42)32(46,47)48/h4-15,49H,1-3H3. The second-order valence-corrected chi connectivity index (χ2v) is 18.3. The molecular formula is C32H22F16OSi. The Balaban J connectivity index is 2.02. The van der Waals surface area contributed by atoms with E-state index in [9.17, 15) is 44.6 Å². The molecule has 5 rings (SSSR count). The van der Waals surface area contributed by atoms with E-state index in [4.69, 9.17) is 0 Å². The molecule has 1 aliphatic carbocycles. The van der Waals surface area contributed by atoms with Gasteiger partial charge in [-0.15, -0.1) is 0 Å². The topological polar surface area (TPSA) is 20.2 Å². The van der Waals surface area contributed by atoms with Crippen molar-refractivity contribution in [3.05, 3.63) is 95.1 Å². The van der Waals surface area contributed by atoms with Crippen molar-refractivity contribution in [3.63, 3.8) is 0 Å². The van der Waals surface area contributed by atoms with Crippen molar-refractivity contribution in [1.82, 2.24) is 0 Å². The maximum absolute atomic E-state index is 16.6. The van der Waals surface area contributed by atoms with Gasteiger partial charge in [0.2, 0.25) is 0 Å². The highest BCUT2D eigenvalue weighted by Crippen LogP contribution is 2.68. The van der Waals surface area contributed by atoms with E-state index in [-0.39, 0.29) is 21.5 Å². The molecule has 1 N–H and O–H groups in total. The quantitative estimate of drug-likeness (QED) is 0.154. The zero-order chi connectivity index (χ0) is 38.1. The summed E-state index contributed by atoms with van der Waals surface area (Å²) in [5.41, 5.74) is -11.6. The highest BCUT2D eigenvalue weighted by Gasteiger charge is 2.93. The predicted octanol–water partition coefficient (Wildman–Crippen LogP) is 11.0. The van der Waals surface area contributed by atoms with Crippen LogP contribution in [0.3, 0.4) is 0 Å². The van der Waals surface area contributed by atoms with Gasteiger partial charge in [0.1, 0.15) is 5.04 Å². The smallest absolute Gasteiger partial charge is 0.374 e. The highest BCUT2D eigenvalue weighted by molar-refractivity contribution is 6.80. The summed E-state index contributed by atoms with van der Waals surface area (Å²) in [5, 5.41) is 7.41. The minimum absolute atomic E-state index is 0.179. The van der Waals surface area contributed by atoms with Crippen LogP contribution in [0.1, 0.15) is 22.3 Å². The normalized spacial score (nSPS) is 21.4. The molecule has 0 aromatic heterocycles. The molecule has 0 fully saturated rings. The van der Waals surface area contributed by atoms with Gasteiger partial charge in [-0.2, -0.15) is 70.2 Å². The van der Waals surface area contributed by atoms with Crippen molar-refractivity contribution >= 4 is 29.6 Å². The third kappa shape index (κ3) is 4.38. The largest absolute Gasteiger partial charge is 0.460 e. The lowest BCUT2D eigenvalue weighted by atomic mass is 9.64. The van der Waals surface area contributed by atoms with Crippen LogP contribution in [0, 0.1) is 0 Å². The van der Waals surface area contributed by atoms with E-state index in [0.29, 0.717) is 24.3 Å². The fourth-order valence-electron chi connectivity index (χ4n) is 6.86. The molecule has 4 aromatic carbocycles. The van der Waals surface area contributed by atoms with E-state index in [2.05, 4.69) is 0 Å². The summed E-state index contributed by atoms with van der Waals surface area (Å²) in [6.07, 6.45) is -13.2. The summed E-state index contributed by atoms with van der Waals surface area (Å²) in [6.45, 7) is 3.26. The van der Waals surface area contributed by atoms with Gasteiger partial charge in [-0.25, -0.2) is 0 Å². The lowest BCUT2D eigenvalue weighted by molar-refractivity contribution is -0.449. The Morgan fingerprint density at radius 2 is 0.760 bits per heavy atom. The monoisotopic (exact) mass is 754 g/mol. The molecule has 1 nitrogen and oxygen atoms in total. The number of rotatable bonds is 6. The van der Waals surface area contributed by atoms with Gasteiger partial charge in [-0.05, 0) is 68.1 Å². The number of halogens is 16. The van der Waals surface area contributed by atoms with Gasteiger partial charge in [-0.1, -0.05) is 68.2 Å². The van der Waals surface area contributed by atoms with Crippen molar-refractivity contribution in [1.29, 1.82) is 0 Å². The molecule has 0 saturated heterocycles. The molecule has 0 aliphatic heterocycles. The fraction of sp³-hybridized carbons (Fsp3) is 0.375. The van der Waals surface area contributed by atoms with Crippen LogP contribution in [0.4, 0.5) is 70.2 Å². The Hall–Kier alpha value is -3.54. The second-order valence-electron chi connectivity index (χ2n) is 13.1. The van der Waals surface area contributed by atoms with Gasteiger partial charge < -0.3 is 5.11 Å². The van der Waals surface area contributed by atoms with Crippen LogP contribution < -0.4 is 0 Å². The fourth-order valence-corrected chi connectivity index (χ4v) is 9.74. The van der Waals surface area contributed by atoms with Crippen LogP contribution in [0.2, 0.25) is 19.6 Å². The van der Waals surface area contributed by atoms with Crippen LogP contribution in [0.15, 0.2) is 72.8 Å². The molecule has 272 valence electrons. The van der Waals surface area contributed by atoms with E-state index in [1.165, 1.54) is 24.3 Å². The number of benzene rings is 4. The molecule has 0 bridgehead atoms. The van der Waals surface area contributed by atoms with Crippen LogP contribution in [0.5, 0.6) is 0 Å². The molecule has 50 heavy (non-hydrogen) atoms. The van der Waals surface area contributed by atoms with Crippen LogP contribution >= 0.6 is 0 Å². The van der Waals surface area contributed by atoms with Gasteiger partial charge in [0.15, 0.2) is 5.60 Å². The van der Waals surface area contributed by atoms with E-state index in [1.54, 1.807) is 0 Å². The van der Waals surface area contributed by atoms with Crippen molar-refractivity contribution in [2.45, 2.75) is 72.2 Å². The Kier molecular flexibility index (Phi) is 7.93. The highest BCUT2D eigenvalue weighted by atomic mass is 28.3. The minimum Gasteiger partial charge on any atom is -0.374 e. The van der Waals surface area contributed by atoms with E-state index in [0.717, 1.165) is 43.9 Å². The van der Waals surface area contributed by atoms with E-state index < -0.39 is 82.9 Å². The first-order chi connectivity index (χ1) is 22.4. The summed E-state index contributed by atoms with van der Waals surface area (Å²) in [5.74, 6) is -40.0. The lowest BCUT2D eigenvalue weighted by Crippen LogP contribution is -2.74. The molecule has 0 saturated carbocycles. The average Bonchev–Trinajstić information content (AvgIpc) is 2.97. The van der Waals surface area contributed by atoms with Gasteiger partial charge in [-0.3, -0.25) is 0 Å². The van der Waals surface area contributed by atoms with Crippen molar-refractivity contribution in [2.75, 3.05) is 0 Å². The maximum atomic E-state index is 16.6. The van der Waals surface area contributed by atoms with Gasteiger partial charge in [0.05, 0.1) is 8.07 Å². The van der Waals surface area contributed by atoms with Crippen molar-refractivity contribution in [3.8, 4) is 0 Å². The van der Waals surface area contributed by atoms with Gasteiger partial charge in [0.25, 0.3) is 0 Å². The molecule has 0 heterocycles. The predicted molar refractivity (Wildman–Crippen MR) is 152 cm³/mol. The summed E-state index contributed by atoms with van der Waals surface area (Å²) >= 11 is 0. The van der Waals surface area contributed by atoms with Crippen molar-refractivity contribution < 1.29 is 75.4 Å². The minimum atomic E-state index is -8.32. The van der Waals surface area contributed by atoms with Gasteiger partial charge >= 0.3 is 42.0 Å². The summed E-state index contributed by atoms with van der Waals surface area (Å²) in [4.78, 5) is 0. The first-order valence-electron chi connectivity index (χ1n) is 14.2. The summed E-state index contributed by atoms with van der Waals surface area (Å²) in [6, 6.07) is 11.0. The lowest BCUT2D eigenvalue weighted by Gasteiger charge is -2.55. The van der Waals surface area contributed by atoms with Crippen LogP contribution in [0.25, 0.3) is 21.5 Å². The maximum Gasteiger partial charge on any atom is 0.460 e. The summed E-state index contributed by atoms with van der Waals surface area (Å²) < 4.78 is 237. The Labute approximate surface area is 272 Å². The molecule has 0 amide bonds. The average molecular weight is 755 g/mol. The van der Waals surface area contributed by atoms with E-state index in [1.807, 2.05) is 0 Å². The Morgan fingerprint density at radius 3 is 1.04 bits per heavy atom. The molecule has 1 aliphatic rings. The van der Waals surface area contributed by atoms with Crippen LogP contribution in [-0.4, -0.2) is 55.1 Å². The number of aliphatic hydroxyl groups is 1. The van der Waals surface area contributed by atoms with Crippen molar-refractivity contribution in [2.24, 2.45) is 0 Å². The molecule has 0 atom stereocenters. The molecule has 0 spiro atoms. The number of hydrogen-bond donors (Lipinski definition) is 1. The SMILES string of the molecule is C[Si](C)(C)C1(C(F)(F)F)c2cc3ccccc3cc2C(O)(C(F)(F)C(F)(F)C(F)(F)C(F)(F)C(F)(F)C(F)(F)F)c2cc3ccccc3cc21. The molecule has 0 radical (unpaired) electrons. The van der Waals surface area contributed by atoms with Gasteiger partial charge in [0, 0.05) is 0 Å². The zero-order valence-electron chi connectivity index (χ0n) is 25.4. The third-order valence-electron chi connectivity index (χ3n) is 9.30. The molecule has 18 heteroatoms. The zero-order valence-corrected chi connectivity index (χ0v) is 26.4. The number of hydrogen-bond acceptors (Lipinski definition) is 1. The van der Waals surface area contributed by atoms with E-state index >= 15 is 30.7 Å². The molecular weight excluding hydrogens is 732 g/mol. The summed E-state index contributed by atoms with van der Waals surface area (Å²) in [7, 11) is -4.16. The first-order valence-corrected chi connectivity index (χ1v) is 17.7. The second kappa shape index (κ2) is 10.5. The third-order valence-corrected chi connectivity index (χ3v) is 12.4. The first kappa shape index (κ1) is 37.7. The Bertz CT molecular complexity index is 1890.